The molecule has 0 spiro atoms. The standard InChI is InChI=1S/C18H18Cl2N4O2/c1-12(25)23-6-8-24(9-7-23)18(26)17-5-3-14(11-21-17)22-16-4-2-13(19)10-15(16)20/h2-5,10-11,22H,6-9H2,1H3. The predicted molar refractivity (Wildman–Crippen MR) is 102 cm³/mol. The second-order valence-electron chi connectivity index (χ2n) is 5.98. The van der Waals surface area contributed by atoms with E-state index in [2.05, 4.69) is 10.3 Å². The molecule has 2 amide bonds. The van der Waals surface area contributed by atoms with Gasteiger partial charge in [0.1, 0.15) is 5.69 Å². The van der Waals surface area contributed by atoms with Crippen molar-refractivity contribution >= 4 is 46.4 Å². The maximum absolute atomic E-state index is 12.5. The predicted octanol–water partition coefficient (Wildman–Crippen LogP) is 3.44. The van der Waals surface area contributed by atoms with Crippen LogP contribution in [0.15, 0.2) is 36.5 Å². The molecule has 1 fully saturated rings. The molecular weight excluding hydrogens is 375 g/mol. The summed E-state index contributed by atoms with van der Waals surface area (Å²) < 4.78 is 0. The van der Waals surface area contributed by atoms with E-state index in [1.165, 1.54) is 6.92 Å². The molecule has 1 aromatic carbocycles. The smallest absolute Gasteiger partial charge is 0.272 e. The number of carbonyl (C=O) groups is 2. The third-order valence-corrected chi connectivity index (χ3v) is 4.75. The zero-order chi connectivity index (χ0) is 18.7. The number of halogens is 2. The Balaban J connectivity index is 1.64. The van der Waals surface area contributed by atoms with Crippen LogP contribution in [-0.4, -0.2) is 52.8 Å². The van der Waals surface area contributed by atoms with Crippen LogP contribution in [0.5, 0.6) is 0 Å². The lowest BCUT2D eigenvalue weighted by Gasteiger charge is -2.34. The number of benzene rings is 1. The summed E-state index contributed by atoms with van der Waals surface area (Å²) in [7, 11) is 0. The first-order valence-electron chi connectivity index (χ1n) is 8.17. The summed E-state index contributed by atoms with van der Waals surface area (Å²) in [6.07, 6.45) is 1.59. The van der Waals surface area contributed by atoms with E-state index in [4.69, 9.17) is 23.2 Å². The van der Waals surface area contributed by atoms with Crippen molar-refractivity contribution in [1.29, 1.82) is 0 Å². The van der Waals surface area contributed by atoms with Gasteiger partial charge in [-0.25, -0.2) is 4.98 Å². The van der Waals surface area contributed by atoms with Gasteiger partial charge in [-0.05, 0) is 30.3 Å². The lowest BCUT2D eigenvalue weighted by Crippen LogP contribution is -2.50. The molecule has 0 saturated carbocycles. The monoisotopic (exact) mass is 392 g/mol. The third kappa shape index (κ3) is 4.26. The molecule has 0 aliphatic carbocycles. The third-order valence-electron chi connectivity index (χ3n) is 4.20. The molecule has 6 nitrogen and oxygen atoms in total. The van der Waals surface area contributed by atoms with Gasteiger partial charge in [0.05, 0.1) is 22.6 Å². The highest BCUT2D eigenvalue weighted by atomic mass is 35.5. The van der Waals surface area contributed by atoms with Gasteiger partial charge in [-0.3, -0.25) is 9.59 Å². The SMILES string of the molecule is CC(=O)N1CCN(C(=O)c2ccc(Nc3ccc(Cl)cc3Cl)cn2)CC1. The van der Waals surface area contributed by atoms with Crippen LogP contribution in [0, 0.1) is 0 Å². The van der Waals surface area contributed by atoms with Gasteiger partial charge in [0, 0.05) is 38.1 Å². The summed E-state index contributed by atoms with van der Waals surface area (Å²) in [5.41, 5.74) is 1.79. The highest BCUT2D eigenvalue weighted by Gasteiger charge is 2.23. The Hall–Kier alpha value is -2.31. The Morgan fingerprint density at radius 2 is 1.73 bits per heavy atom. The van der Waals surface area contributed by atoms with Crippen LogP contribution < -0.4 is 5.32 Å². The highest BCUT2D eigenvalue weighted by molar-refractivity contribution is 6.36. The summed E-state index contributed by atoms with van der Waals surface area (Å²) in [6, 6.07) is 8.61. The van der Waals surface area contributed by atoms with Gasteiger partial charge in [0.25, 0.3) is 5.91 Å². The molecule has 0 atom stereocenters. The Kier molecular flexibility index (Phi) is 5.64. The van der Waals surface area contributed by atoms with Crippen molar-refractivity contribution in [3.63, 3.8) is 0 Å². The van der Waals surface area contributed by atoms with E-state index < -0.39 is 0 Å². The maximum Gasteiger partial charge on any atom is 0.272 e. The Labute approximate surface area is 161 Å². The molecule has 0 unspecified atom stereocenters. The van der Waals surface area contributed by atoms with Crippen molar-refractivity contribution in [2.45, 2.75) is 6.92 Å². The van der Waals surface area contributed by atoms with E-state index in [1.54, 1.807) is 46.3 Å². The van der Waals surface area contributed by atoms with Crippen molar-refractivity contribution in [2.75, 3.05) is 31.5 Å². The van der Waals surface area contributed by atoms with E-state index in [0.29, 0.717) is 53.3 Å². The van der Waals surface area contributed by atoms with Crippen LogP contribution in [0.3, 0.4) is 0 Å². The average molecular weight is 393 g/mol. The first-order chi connectivity index (χ1) is 12.4. The summed E-state index contributed by atoms with van der Waals surface area (Å²) in [5, 5.41) is 4.20. The summed E-state index contributed by atoms with van der Waals surface area (Å²) in [5.74, 6) is -0.101. The number of rotatable bonds is 3. The molecule has 26 heavy (non-hydrogen) atoms. The number of anilines is 2. The van der Waals surface area contributed by atoms with Crippen LogP contribution >= 0.6 is 23.2 Å². The Morgan fingerprint density at radius 1 is 1.04 bits per heavy atom. The number of hydrogen-bond acceptors (Lipinski definition) is 4. The first kappa shape index (κ1) is 18.5. The van der Waals surface area contributed by atoms with Gasteiger partial charge in [-0.1, -0.05) is 23.2 Å². The molecule has 1 aliphatic heterocycles. The van der Waals surface area contributed by atoms with Gasteiger partial charge >= 0.3 is 0 Å². The molecule has 8 heteroatoms. The quantitative estimate of drug-likeness (QED) is 0.868. The normalized spacial score (nSPS) is 14.3. The Bertz CT molecular complexity index is 818. The number of aromatic nitrogens is 1. The topological polar surface area (TPSA) is 65.5 Å². The van der Waals surface area contributed by atoms with E-state index >= 15 is 0 Å². The molecule has 1 aliphatic rings. The Morgan fingerprint density at radius 3 is 2.31 bits per heavy atom. The molecule has 0 radical (unpaired) electrons. The lowest BCUT2D eigenvalue weighted by atomic mass is 10.2. The minimum Gasteiger partial charge on any atom is -0.353 e. The zero-order valence-corrected chi connectivity index (χ0v) is 15.7. The molecule has 136 valence electrons. The largest absolute Gasteiger partial charge is 0.353 e. The molecule has 2 heterocycles. The van der Waals surface area contributed by atoms with Gasteiger partial charge in [-0.15, -0.1) is 0 Å². The molecule has 3 rings (SSSR count). The number of nitrogens with zero attached hydrogens (tertiary/aromatic N) is 3. The second-order valence-corrected chi connectivity index (χ2v) is 6.82. The van der Waals surface area contributed by atoms with Gasteiger partial charge in [0.15, 0.2) is 0 Å². The molecule has 2 aromatic rings. The molecular formula is C18H18Cl2N4O2. The van der Waals surface area contributed by atoms with Crippen LogP contribution in [0.25, 0.3) is 0 Å². The van der Waals surface area contributed by atoms with Crippen molar-refractivity contribution in [2.24, 2.45) is 0 Å². The number of hydrogen-bond donors (Lipinski definition) is 1. The van der Waals surface area contributed by atoms with Crippen LogP contribution in [0.2, 0.25) is 10.0 Å². The fourth-order valence-electron chi connectivity index (χ4n) is 2.73. The van der Waals surface area contributed by atoms with Crippen molar-refractivity contribution in [3.05, 3.63) is 52.3 Å². The fourth-order valence-corrected chi connectivity index (χ4v) is 3.18. The number of piperazine rings is 1. The number of nitrogens with one attached hydrogen (secondary N) is 1. The highest BCUT2D eigenvalue weighted by Crippen LogP contribution is 2.28. The van der Waals surface area contributed by atoms with Crippen LogP contribution in [-0.2, 0) is 4.79 Å². The molecule has 1 aromatic heterocycles. The summed E-state index contributed by atoms with van der Waals surface area (Å²) in [6.45, 7) is 3.67. The van der Waals surface area contributed by atoms with E-state index in [9.17, 15) is 9.59 Å². The summed E-state index contributed by atoms with van der Waals surface area (Å²) >= 11 is 12.0. The second kappa shape index (κ2) is 7.93. The molecule has 1 N–H and O–H groups in total. The van der Waals surface area contributed by atoms with Gasteiger partial charge in [0.2, 0.25) is 5.91 Å². The van der Waals surface area contributed by atoms with Gasteiger partial charge in [-0.2, -0.15) is 0 Å². The number of amides is 2. The summed E-state index contributed by atoms with van der Waals surface area (Å²) in [4.78, 5) is 31.6. The van der Waals surface area contributed by atoms with Crippen molar-refractivity contribution < 1.29 is 9.59 Å². The van der Waals surface area contributed by atoms with E-state index in [-0.39, 0.29) is 11.8 Å². The lowest BCUT2D eigenvalue weighted by molar-refractivity contribution is -0.130. The average Bonchev–Trinajstić information content (AvgIpc) is 2.64. The van der Waals surface area contributed by atoms with Crippen molar-refractivity contribution in [1.82, 2.24) is 14.8 Å². The first-order valence-corrected chi connectivity index (χ1v) is 8.92. The van der Waals surface area contributed by atoms with Crippen LogP contribution in [0.4, 0.5) is 11.4 Å². The number of carbonyl (C=O) groups excluding carboxylic acids is 2. The minimum absolute atomic E-state index is 0.0338. The molecule has 1 saturated heterocycles. The van der Waals surface area contributed by atoms with E-state index in [0.717, 1.165) is 0 Å². The molecule has 0 bridgehead atoms. The number of pyridine rings is 1. The van der Waals surface area contributed by atoms with Crippen molar-refractivity contribution in [3.8, 4) is 0 Å². The van der Waals surface area contributed by atoms with Crippen LogP contribution in [0.1, 0.15) is 17.4 Å². The minimum atomic E-state index is -0.135. The zero-order valence-electron chi connectivity index (χ0n) is 14.2. The van der Waals surface area contributed by atoms with E-state index in [1.807, 2.05) is 0 Å². The fraction of sp³-hybridized carbons (Fsp3) is 0.278. The maximum atomic E-state index is 12.5. The van der Waals surface area contributed by atoms with Gasteiger partial charge < -0.3 is 15.1 Å².